The lowest BCUT2D eigenvalue weighted by atomic mass is 9.72. The summed E-state index contributed by atoms with van der Waals surface area (Å²) >= 11 is 0. The van der Waals surface area contributed by atoms with Crippen molar-refractivity contribution in [2.45, 2.75) is 37.6 Å². The van der Waals surface area contributed by atoms with Gasteiger partial charge in [-0.1, -0.05) is 24.3 Å². The first-order chi connectivity index (χ1) is 11.7. The number of fused-ring (bicyclic) bond motifs is 3. The first-order valence-corrected chi connectivity index (χ1v) is 8.63. The highest BCUT2D eigenvalue weighted by Gasteiger charge is 2.42. The molecule has 0 radical (unpaired) electrons. The molecule has 5 heteroatoms. The van der Waals surface area contributed by atoms with Gasteiger partial charge in [0.2, 0.25) is 0 Å². The highest BCUT2D eigenvalue weighted by atomic mass is 16.6. The number of nitro benzene ring substituents is 1. The molecule has 5 nitrogen and oxygen atoms in total. The van der Waals surface area contributed by atoms with E-state index in [1.165, 1.54) is 12.5 Å². The highest BCUT2D eigenvalue weighted by Crippen LogP contribution is 2.51. The van der Waals surface area contributed by atoms with E-state index < -0.39 is 0 Å². The van der Waals surface area contributed by atoms with Crippen LogP contribution in [0.2, 0.25) is 0 Å². The molecule has 0 aromatic heterocycles. The van der Waals surface area contributed by atoms with Crippen LogP contribution in [-0.4, -0.2) is 18.1 Å². The number of nitro groups is 1. The molecule has 0 saturated heterocycles. The van der Waals surface area contributed by atoms with E-state index in [2.05, 4.69) is 29.6 Å². The van der Waals surface area contributed by atoms with Gasteiger partial charge in [0.1, 0.15) is 5.75 Å². The number of anilines is 1. The van der Waals surface area contributed by atoms with E-state index in [-0.39, 0.29) is 16.5 Å². The van der Waals surface area contributed by atoms with Gasteiger partial charge in [-0.2, -0.15) is 0 Å². The van der Waals surface area contributed by atoms with Gasteiger partial charge in [0.15, 0.2) is 0 Å². The number of nitrogens with one attached hydrogen (secondary N) is 1. The predicted molar refractivity (Wildman–Crippen MR) is 93.5 cm³/mol. The van der Waals surface area contributed by atoms with Crippen molar-refractivity contribution in [3.63, 3.8) is 0 Å². The van der Waals surface area contributed by atoms with Crippen molar-refractivity contribution in [1.29, 1.82) is 0 Å². The van der Waals surface area contributed by atoms with Crippen molar-refractivity contribution in [1.82, 2.24) is 0 Å². The van der Waals surface area contributed by atoms with Gasteiger partial charge in [-0.3, -0.25) is 10.1 Å². The summed E-state index contributed by atoms with van der Waals surface area (Å²) < 4.78 is 5.48. The fraction of sp³-hybridized carbons (Fsp3) is 0.474. The minimum Gasteiger partial charge on any atom is -0.494 e. The molecule has 24 heavy (non-hydrogen) atoms. The summed E-state index contributed by atoms with van der Waals surface area (Å²) in [6, 6.07) is 3.63. The van der Waals surface area contributed by atoms with Gasteiger partial charge in [0, 0.05) is 18.0 Å². The lowest BCUT2D eigenvalue weighted by Gasteiger charge is -2.42. The maximum Gasteiger partial charge on any atom is 0.273 e. The maximum absolute atomic E-state index is 11.3. The number of non-ortho nitro benzene ring substituents is 1. The van der Waals surface area contributed by atoms with E-state index in [9.17, 15) is 10.1 Å². The Kier molecular flexibility index (Phi) is 3.79. The van der Waals surface area contributed by atoms with Crippen LogP contribution in [0, 0.1) is 22.0 Å². The van der Waals surface area contributed by atoms with Crippen molar-refractivity contribution < 1.29 is 9.66 Å². The van der Waals surface area contributed by atoms with Crippen LogP contribution in [0.1, 0.15) is 37.2 Å². The van der Waals surface area contributed by atoms with Crippen LogP contribution in [0.15, 0.2) is 36.4 Å². The van der Waals surface area contributed by atoms with Gasteiger partial charge in [-0.05, 0) is 43.1 Å². The summed E-state index contributed by atoms with van der Waals surface area (Å²) in [7, 11) is 1.58. The summed E-state index contributed by atoms with van der Waals surface area (Å²) in [6.45, 7) is 0. The Labute approximate surface area is 141 Å². The third-order valence-corrected chi connectivity index (χ3v) is 5.71. The number of benzene rings is 1. The minimum atomic E-state index is -0.339. The van der Waals surface area contributed by atoms with E-state index >= 15 is 0 Å². The Morgan fingerprint density at radius 3 is 2.83 bits per heavy atom. The molecule has 4 atom stereocenters. The van der Waals surface area contributed by atoms with Crippen molar-refractivity contribution in [2.75, 3.05) is 12.4 Å². The van der Waals surface area contributed by atoms with Crippen LogP contribution in [0.5, 0.6) is 5.75 Å². The fourth-order valence-corrected chi connectivity index (χ4v) is 4.57. The molecule has 0 bridgehead atoms. The summed E-state index contributed by atoms with van der Waals surface area (Å²) in [6.07, 6.45) is 13.5. The maximum atomic E-state index is 11.3. The first kappa shape index (κ1) is 15.2. The quantitative estimate of drug-likeness (QED) is 0.507. The van der Waals surface area contributed by atoms with Crippen LogP contribution in [0.3, 0.4) is 0 Å². The van der Waals surface area contributed by atoms with Gasteiger partial charge in [-0.15, -0.1) is 0 Å². The molecule has 2 aliphatic carbocycles. The molecule has 0 spiro atoms. The molecule has 0 saturated carbocycles. The predicted octanol–water partition coefficient (Wildman–Crippen LogP) is 4.41. The number of methoxy groups -OCH3 is 1. The number of hydrogen-bond acceptors (Lipinski definition) is 4. The first-order valence-electron chi connectivity index (χ1n) is 8.63. The fourth-order valence-electron chi connectivity index (χ4n) is 4.57. The minimum absolute atomic E-state index is 0.102. The van der Waals surface area contributed by atoms with Crippen LogP contribution < -0.4 is 10.1 Å². The van der Waals surface area contributed by atoms with Crippen molar-refractivity contribution >= 4 is 11.4 Å². The second-order valence-corrected chi connectivity index (χ2v) is 6.94. The number of hydrogen-bond donors (Lipinski definition) is 1. The van der Waals surface area contributed by atoms with Crippen molar-refractivity contribution in [3.05, 3.63) is 52.1 Å². The standard InChI is InChI=1S/C19H22N2O3/c1-24-17-11-13(21(22)23)10-16-14-8-5-9-15(14)18(20-19(16)17)12-6-3-2-4-7-12/h2-3,5,8,10-12,14-15,18,20H,4,6-7,9H2,1H3/t12-,14-,15-,18-/m1/s1. The largest absolute Gasteiger partial charge is 0.494 e. The van der Waals surface area contributed by atoms with Crippen molar-refractivity contribution in [2.24, 2.45) is 11.8 Å². The average molecular weight is 326 g/mol. The third kappa shape index (κ3) is 2.39. The van der Waals surface area contributed by atoms with Crippen LogP contribution in [0.25, 0.3) is 0 Å². The second-order valence-electron chi connectivity index (χ2n) is 6.94. The van der Waals surface area contributed by atoms with Crippen LogP contribution >= 0.6 is 0 Å². The molecule has 0 unspecified atom stereocenters. The Balaban J connectivity index is 1.78. The van der Waals surface area contributed by atoms with E-state index in [1.807, 2.05) is 0 Å². The Bertz CT molecular complexity index is 726. The highest BCUT2D eigenvalue weighted by molar-refractivity contribution is 5.70. The zero-order valence-electron chi connectivity index (χ0n) is 13.8. The summed E-state index contributed by atoms with van der Waals surface area (Å²) in [5.41, 5.74) is 2.04. The average Bonchev–Trinajstić information content (AvgIpc) is 3.10. The molecule has 1 N–H and O–H groups in total. The van der Waals surface area contributed by atoms with E-state index in [4.69, 9.17) is 4.74 Å². The summed E-state index contributed by atoms with van der Waals surface area (Å²) in [4.78, 5) is 10.9. The topological polar surface area (TPSA) is 64.4 Å². The normalized spacial score (nSPS) is 30.4. The van der Waals surface area contributed by atoms with Crippen molar-refractivity contribution in [3.8, 4) is 5.75 Å². The van der Waals surface area contributed by atoms with E-state index in [1.54, 1.807) is 13.2 Å². The number of allylic oxidation sites excluding steroid dienone is 4. The summed E-state index contributed by atoms with van der Waals surface area (Å²) in [5, 5.41) is 15.0. The summed E-state index contributed by atoms with van der Waals surface area (Å²) in [5.74, 6) is 1.90. The molecular weight excluding hydrogens is 304 g/mol. The van der Waals surface area contributed by atoms with Gasteiger partial charge in [0.25, 0.3) is 5.69 Å². The lowest BCUT2D eigenvalue weighted by Crippen LogP contribution is -2.42. The smallest absolute Gasteiger partial charge is 0.273 e. The number of nitrogens with zero attached hydrogens (tertiary/aromatic N) is 1. The molecule has 1 heterocycles. The molecule has 0 amide bonds. The monoisotopic (exact) mass is 326 g/mol. The van der Waals surface area contributed by atoms with Gasteiger partial charge in [-0.25, -0.2) is 0 Å². The zero-order chi connectivity index (χ0) is 16.7. The zero-order valence-corrected chi connectivity index (χ0v) is 13.8. The Hall–Kier alpha value is -2.30. The van der Waals surface area contributed by atoms with Gasteiger partial charge < -0.3 is 10.1 Å². The molecule has 1 aromatic carbocycles. The molecule has 0 fully saturated rings. The molecule has 3 aliphatic rings. The molecule has 1 aromatic rings. The molecule has 4 rings (SSSR count). The van der Waals surface area contributed by atoms with E-state index in [0.717, 1.165) is 30.5 Å². The van der Waals surface area contributed by atoms with Gasteiger partial charge in [0.05, 0.1) is 23.8 Å². The number of rotatable bonds is 3. The Morgan fingerprint density at radius 1 is 1.25 bits per heavy atom. The third-order valence-electron chi connectivity index (χ3n) is 5.71. The SMILES string of the molecule is COc1cc([N+](=O)[O-])cc2c1N[C@H]([C@@H]1CC=CCC1)[C@@H]1CC=C[C@@H]21. The molecular formula is C19H22N2O3. The molecule has 126 valence electrons. The second kappa shape index (κ2) is 5.96. The van der Waals surface area contributed by atoms with E-state index in [0.29, 0.717) is 23.6 Å². The molecule has 1 aliphatic heterocycles. The lowest BCUT2D eigenvalue weighted by molar-refractivity contribution is -0.385. The number of ether oxygens (including phenoxy) is 1. The Morgan fingerprint density at radius 2 is 2.12 bits per heavy atom. The van der Waals surface area contributed by atoms with Crippen LogP contribution in [-0.2, 0) is 0 Å². The van der Waals surface area contributed by atoms with Gasteiger partial charge >= 0.3 is 0 Å². The van der Waals surface area contributed by atoms with Crippen LogP contribution in [0.4, 0.5) is 11.4 Å².